The summed E-state index contributed by atoms with van der Waals surface area (Å²) in [6.07, 6.45) is 1.68. The van der Waals surface area contributed by atoms with Crippen molar-refractivity contribution < 1.29 is 104 Å². The fourth-order valence-corrected chi connectivity index (χ4v) is 2.65. The van der Waals surface area contributed by atoms with Crippen molar-refractivity contribution in [1.82, 2.24) is 14.5 Å². The van der Waals surface area contributed by atoms with Gasteiger partial charge in [-0.15, -0.1) is 0 Å². The molecule has 3 rings (SSSR count). The molecule has 3 aromatic rings. The molecule has 0 bridgehead atoms. The van der Waals surface area contributed by atoms with Gasteiger partial charge in [0.2, 0.25) is 5.95 Å². The van der Waals surface area contributed by atoms with E-state index in [1.165, 1.54) is 0 Å². The van der Waals surface area contributed by atoms with E-state index in [-0.39, 0.29) is 105 Å². The number of aryl methyl sites for hydroxylation is 2. The van der Waals surface area contributed by atoms with Crippen LogP contribution in [-0.4, -0.2) is 21.6 Å². The van der Waals surface area contributed by atoms with Gasteiger partial charge in [0.1, 0.15) is 17.3 Å². The minimum Gasteiger partial charge on any atom is -0.397 e. The van der Waals surface area contributed by atoms with Gasteiger partial charge in [-0.1, -0.05) is 0 Å². The van der Waals surface area contributed by atoms with E-state index in [0.29, 0.717) is 28.1 Å². The Bertz CT molecular complexity index is 950. The van der Waals surface area contributed by atoms with Crippen molar-refractivity contribution >= 4 is 28.1 Å². The van der Waals surface area contributed by atoms with E-state index in [1.807, 2.05) is 23.8 Å². The molecule has 6 nitrogen and oxygen atoms in total. The summed E-state index contributed by atoms with van der Waals surface area (Å²) in [6, 6.07) is 7.03. The molecular formula is C16H15FN6U2V2. The Labute approximate surface area is 228 Å². The maximum Gasteiger partial charge on any atom is 0.238 e. The summed E-state index contributed by atoms with van der Waals surface area (Å²) in [5, 5.41) is 8.88. The maximum absolute atomic E-state index is 14.3. The molecule has 27 heavy (non-hydrogen) atoms. The van der Waals surface area contributed by atoms with E-state index < -0.39 is 5.95 Å². The van der Waals surface area contributed by atoms with Gasteiger partial charge in [0.05, 0.1) is 23.2 Å². The normalized spacial score (nSPS) is 9.15. The van der Waals surface area contributed by atoms with Crippen molar-refractivity contribution in [3.63, 3.8) is 0 Å². The molecule has 1 aromatic carbocycles. The monoisotopic (exact) mass is 888 g/mol. The molecule has 0 saturated carbocycles. The van der Waals surface area contributed by atoms with Crippen molar-refractivity contribution in [2.75, 3.05) is 17.7 Å². The zero-order valence-electron chi connectivity index (χ0n) is 14.9. The number of hydrogen-bond donors (Lipinski definition) is 1. The molecule has 2 radical (unpaired) electrons. The topological polar surface area (TPSA) is 83.8 Å². The van der Waals surface area contributed by atoms with E-state index in [9.17, 15) is 4.39 Å². The Hall–Kier alpha value is 0.133. The van der Waals surface area contributed by atoms with Crippen LogP contribution in [0.2, 0.25) is 0 Å². The largest absolute Gasteiger partial charge is 0.397 e. The first kappa shape index (κ1) is 29.3. The number of pyridine rings is 1. The summed E-state index contributed by atoms with van der Waals surface area (Å²) in [4.78, 5) is 9.59. The molecule has 2 heterocycles. The molecule has 0 spiro atoms. The first-order valence-corrected chi connectivity index (χ1v) is 6.94. The molecule has 0 amide bonds. The molecular weight excluding hydrogens is 873 g/mol. The molecule has 0 aliphatic carbocycles. The van der Waals surface area contributed by atoms with Crippen LogP contribution in [-0.2, 0) is 44.2 Å². The summed E-state index contributed by atoms with van der Waals surface area (Å²) in [5.41, 5.74) is 9.84. The first-order chi connectivity index (χ1) is 10.9. The van der Waals surface area contributed by atoms with Crippen LogP contribution in [0.15, 0.2) is 24.5 Å². The van der Waals surface area contributed by atoms with Gasteiger partial charge >= 0.3 is 0 Å². The Morgan fingerprint density at radius 1 is 1.22 bits per heavy atom. The molecule has 0 saturated heterocycles. The SMILES string of the molecule is Cc1cc(C#N)nc(F)c1N(C)c1cc(N)c2ncn(C)c2c1.[U].[U].[V].[V]. The van der Waals surface area contributed by atoms with E-state index in [2.05, 4.69) is 9.97 Å². The molecule has 2 N–H and O–H groups in total. The molecule has 134 valence electrons. The number of nitrogens with zero attached hydrogens (tertiary/aromatic N) is 5. The van der Waals surface area contributed by atoms with Crippen LogP contribution in [0.5, 0.6) is 0 Å². The number of fused-ring (bicyclic) bond motifs is 1. The quantitative estimate of drug-likeness (QED) is 0.317. The Morgan fingerprint density at radius 3 is 2.41 bits per heavy atom. The first-order valence-electron chi connectivity index (χ1n) is 6.94. The summed E-state index contributed by atoms with van der Waals surface area (Å²) < 4.78 is 16.2. The summed E-state index contributed by atoms with van der Waals surface area (Å²) in [5.74, 6) is -0.687. The van der Waals surface area contributed by atoms with Gasteiger partial charge in [-0.05, 0) is 30.7 Å². The molecule has 0 fully saturated rings. The number of aromatic nitrogens is 3. The van der Waals surface area contributed by atoms with Crippen LogP contribution in [0.3, 0.4) is 0 Å². The van der Waals surface area contributed by atoms with Crippen LogP contribution in [0.25, 0.3) is 11.0 Å². The van der Waals surface area contributed by atoms with Gasteiger partial charge in [0, 0.05) is 119 Å². The number of halogens is 1. The van der Waals surface area contributed by atoms with Gasteiger partial charge in [-0.2, -0.15) is 9.65 Å². The van der Waals surface area contributed by atoms with E-state index in [4.69, 9.17) is 11.0 Å². The number of nitriles is 1. The molecule has 11 heteroatoms. The number of anilines is 3. The van der Waals surface area contributed by atoms with E-state index >= 15 is 0 Å². The predicted octanol–water partition coefficient (Wildman–Crippen LogP) is 2.63. The number of nitrogens with two attached hydrogens (primary N) is 1. The number of rotatable bonds is 2. The molecule has 0 unspecified atom stereocenters. The van der Waals surface area contributed by atoms with Crippen LogP contribution in [0.4, 0.5) is 21.5 Å². The summed E-state index contributed by atoms with van der Waals surface area (Å²) >= 11 is 0. The summed E-state index contributed by atoms with van der Waals surface area (Å²) in [6.45, 7) is 1.74. The second-order valence-electron chi connectivity index (χ2n) is 5.39. The van der Waals surface area contributed by atoms with Crippen LogP contribution < -0.4 is 10.6 Å². The minimum atomic E-state index is -0.687. The number of nitrogen functional groups attached to an aromatic ring is 1. The van der Waals surface area contributed by atoms with Gasteiger partial charge in [-0.3, -0.25) is 0 Å². The number of benzene rings is 1. The molecule has 0 aliphatic rings. The standard InChI is InChI=1S/C16H15FN6.2U.2V/c1-9-4-10(7-18)21-16(17)15(9)23(3)11-5-12(19)14-13(6-11)22(2)8-20-14;;;;/h4-6,8H,19H2,1-3H3;;;;. The van der Waals surface area contributed by atoms with Crippen molar-refractivity contribution in [2.45, 2.75) is 6.92 Å². The van der Waals surface area contributed by atoms with Crippen molar-refractivity contribution in [1.29, 1.82) is 5.26 Å². The Kier molecular flexibility index (Phi) is 13.0. The third kappa shape index (κ3) is 5.82. The maximum atomic E-state index is 14.3. The third-order valence-corrected chi connectivity index (χ3v) is 3.82. The van der Waals surface area contributed by atoms with Crippen LogP contribution in [0, 0.1) is 86.4 Å². The average molecular weight is 888 g/mol. The Balaban J connectivity index is 0. The third-order valence-electron chi connectivity index (χ3n) is 3.82. The number of imidazole rings is 1. The minimum absolute atomic E-state index is 0. The fourth-order valence-electron chi connectivity index (χ4n) is 2.65. The second-order valence-corrected chi connectivity index (χ2v) is 5.39. The van der Waals surface area contributed by atoms with Crippen LogP contribution >= 0.6 is 0 Å². The molecule has 0 aliphatic heterocycles. The Morgan fingerprint density at radius 2 is 1.85 bits per heavy atom. The van der Waals surface area contributed by atoms with Crippen molar-refractivity contribution in [3.05, 3.63) is 41.7 Å². The second kappa shape index (κ2) is 12.0. The van der Waals surface area contributed by atoms with Gasteiger partial charge in [0.25, 0.3) is 0 Å². The average Bonchev–Trinajstić information content (AvgIpc) is 2.88. The predicted molar refractivity (Wildman–Crippen MR) is 86.8 cm³/mol. The van der Waals surface area contributed by atoms with Crippen LogP contribution in [0.1, 0.15) is 11.3 Å². The van der Waals surface area contributed by atoms with Crippen molar-refractivity contribution in [3.8, 4) is 6.07 Å². The van der Waals surface area contributed by atoms with E-state index in [1.54, 1.807) is 37.3 Å². The van der Waals surface area contributed by atoms with Gasteiger partial charge < -0.3 is 15.2 Å². The number of hydrogen-bond acceptors (Lipinski definition) is 5. The molecule has 2 aromatic heterocycles. The zero-order valence-corrected chi connectivity index (χ0v) is 26.0. The molecule has 0 atom stereocenters. The smallest absolute Gasteiger partial charge is 0.238 e. The van der Waals surface area contributed by atoms with Gasteiger partial charge in [-0.25, -0.2) is 9.97 Å². The zero-order chi connectivity index (χ0) is 16.7. The van der Waals surface area contributed by atoms with E-state index in [0.717, 1.165) is 5.52 Å². The van der Waals surface area contributed by atoms with Gasteiger partial charge in [0.15, 0.2) is 0 Å². The fraction of sp³-hybridized carbons (Fsp3) is 0.188. The summed E-state index contributed by atoms with van der Waals surface area (Å²) in [7, 11) is 3.60. The van der Waals surface area contributed by atoms with Crippen molar-refractivity contribution in [2.24, 2.45) is 7.05 Å².